The summed E-state index contributed by atoms with van der Waals surface area (Å²) in [6.07, 6.45) is 3.37. The lowest BCUT2D eigenvalue weighted by Gasteiger charge is -2.59. The molecule has 3 saturated carbocycles. The Hall–Kier alpha value is -0.800. The van der Waals surface area contributed by atoms with Gasteiger partial charge >= 0.3 is 6.18 Å². The molecule has 140 valence electrons. The van der Waals surface area contributed by atoms with Crippen molar-refractivity contribution in [1.29, 1.82) is 0 Å². The Morgan fingerprint density at radius 2 is 1.76 bits per heavy atom. The van der Waals surface area contributed by atoms with Gasteiger partial charge in [0.1, 0.15) is 0 Å². The summed E-state index contributed by atoms with van der Waals surface area (Å²) in [7, 11) is 0. The number of ketones is 1. The molecule has 3 fully saturated rings. The molecule has 0 saturated heterocycles. The highest BCUT2D eigenvalue weighted by Gasteiger charge is 2.64. The Morgan fingerprint density at radius 1 is 1.04 bits per heavy atom. The van der Waals surface area contributed by atoms with Gasteiger partial charge in [0.15, 0.2) is 5.78 Å². The summed E-state index contributed by atoms with van der Waals surface area (Å²) in [5.41, 5.74) is 0.289. The van der Waals surface area contributed by atoms with E-state index >= 15 is 0 Å². The number of halogens is 3. The van der Waals surface area contributed by atoms with E-state index in [4.69, 9.17) is 0 Å². The third-order valence-corrected chi connectivity index (χ3v) is 8.76. The zero-order chi connectivity index (χ0) is 18.2. The van der Waals surface area contributed by atoms with Gasteiger partial charge in [-0.3, -0.25) is 4.79 Å². The number of alkyl halides is 3. The zero-order valence-electron chi connectivity index (χ0n) is 15.5. The van der Waals surface area contributed by atoms with E-state index in [9.17, 15) is 18.0 Å². The standard InChI is InChI=1S/C21H29F3O/c1-12-11-20(3)13(10-17(12)25)4-5-14-15-6-7-18(21(22,23)24)19(15,2)9-8-16(14)20/h11,13-16,18H,4-10H2,1-3H3/t13?,14-,15-,16+,18?,19-,20-/m0/s1. The van der Waals surface area contributed by atoms with Gasteiger partial charge in [-0.2, -0.15) is 13.2 Å². The predicted octanol–water partition coefficient (Wildman–Crippen LogP) is 5.94. The van der Waals surface area contributed by atoms with E-state index in [1.165, 1.54) is 0 Å². The topological polar surface area (TPSA) is 17.1 Å². The maximum absolute atomic E-state index is 13.6. The van der Waals surface area contributed by atoms with Crippen LogP contribution in [0.4, 0.5) is 13.2 Å². The fourth-order valence-electron chi connectivity index (χ4n) is 7.49. The molecule has 0 aliphatic heterocycles. The molecule has 1 nitrogen and oxygen atoms in total. The van der Waals surface area contributed by atoms with Crippen LogP contribution in [0.15, 0.2) is 11.6 Å². The molecule has 2 unspecified atom stereocenters. The zero-order valence-corrected chi connectivity index (χ0v) is 15.5. The molecular formula is C21H29F3O. The molecule has 0 spiro atoms. The van der Waals surface area contributed by atoms with Gasteiger partial charge in [0.2, 0.25) is 0 Å². The number of hydrogen-bond acceptors (Lipinski definition) is 1. The van der Waals surface area contributed by atoms with Crippen molar-refractivity contribution in [2.24, 2.45) is 40.4 Å². The van der Waals surface area contributed by atoms with Crippen molar-refractivity contribution in [3.63, 3.8) is 0 Å². The maximum Gasteiger partial charge on any atom is 0.392 e. The van der Waals surface area contributed by atoms with Crippen LogP contribution in [0.25, 0.3) is 0 Å². The Balaban J connectivity index is 1.67. The molecule has 4 rings (SSSR count). The first-order valence-electron chi connectivity index (χ1n) is 9.87. The van der Waals surface area contributed by atoms with E-state index in [-0.39, 0.29) is 17.1 Å². The molecule has 25 heavy (non-hydrogen) atoms. The number of allylic oxidation sites excluding steroid dienone is 2. The largest absolute Gasteiger partial charge is 0.392 e. The number of rotatable bonds is 0. The quantitative estimate of drug-likeness (QED) is 0.526. The molecule has 0 N–H and O–H groups in total. The number of fused-ring (bicyclic) bond motifs is 5. The molecule has 4 aliphatic carbocycles. The number of Topliss-reactive ketones (excluding diaryl/α,β-unsaturated/α-hetero) is 1. The SMILES string of the molecule is CC1=C[C@@]2(C)C(CC[C@@H]3[C@H]2CC[C@]2(C)C(C(F)(F)F)CC[C@@H]32)CC1=O. The van der Waals surface area contributed by atoms with Crippen LogP contribution < -0.4 is 0 Å². The molecule has 0 radical (unpaired) electrons. The molecule has 0 amide bonds. The molecule has 0 bridgehead atoms. The fourth-order valence-corrected chi connectivity index (χ4v) is 7.49. The summed E-state index contributed by atoms with van der Waals surface area (Å²) in [5.74, 6) is 0.557. The second-order valence-corrected chi connectivity index (χ2v) is 9.69. The molecule has 0 aromatic carbocycles. The second-order valence-electron chi connectivity index (χ2n) is 9.69. The van der Waals surface area contributed by atoms with Crippen LogP contribution in [-0.2, 0) is 4.79 Å². The minimum atomic E-state index is -4.06. The Morgan fingerprint density at radius 3 is 2.44 bits per heavy atom. The van der Waals surface area contributed by atoms with Crippen LogP contribution in [0.5, 0.6) is 0 Å². The van der Waals surface area contributed by atoms with Crippen LogP contribution in [0.3, 0.4) is 0 Å². The van der Waals surface area contributed by atoms with Crippen LogP contribution in [-0.4, -0.2) is 12.0 Å². The summed E-state index contributed by atoms with van der Waals surface area (Å²) in [6.45, 7) is 6.11. The minimum Gasteiger partial charge on any atom is -0.295 e. The van der Waals surface area contributed by atoms with Gasteiger partial charge < -0.3 is 0 Å². The van der Waals surface area contributed by atoms with Crippen molar-refractivity contribution < 1.29 is 18.0 Å². The Kier molecular flexibility index (Phi) is 3.77. The van der Waals surface area contributed by atoms with Crippen molar-refractivity contribution in [1.82, 2.24) is 0 Å². The minimum absolute atomic E-state index is 0.00143. The lowest BCUT2D eigenvalue weighted by molar-refractivity contribution is -0.213. The maximum atomic E-state index is 13.6. The smallest absolute Gasteiger partial charge is 0.295 e. The summed E-state index contributed by atoms with van der Waals surface area (Å²) in [5, 5.41) is 0. The van der Waals surface area contributed by atoms with E-state index in [0.717, 1.165) is 31.3 Å². The van der Waals surface area contributed by atoms with E-state index in [1.54, 1.807) is 0 Å². The molecule has 0 aromatic heterocycles. The molecular weight excluding hydrogens is 325 g/mol. The van der Waals surface area contributed by atoms with E-state index in [0.29, 0.717) is 37.0 Å². The molecule has 4 heteroatoms. The van der Waals surface area contributed by atoms with E-state index in [1.807, 2.05) is 13.8 Å². The highest BCUT2D eigenvalue weighted by atomic mass is 19.4. The number of hydrogen-bond donors (Lipinski definition) is 0. The summed E-state index contributed by atoms with van der Waals surface area (Å²) >= 11 is 0. The van der Waals surface area contributed by atoms with Crippen molar-refractivity contribution in [2.45, 2.75) is 71.9 Å². The van der Waals surface area contributed by atoms with E-state index in [2.05, 4.69) is 13.0 Å². The first-order valence-corrected chi connectivity index (χ1v) is 9.87. The van der Waals surface area contributed by atoms with Crippen LogP contribution >= 0.6 is 0 Å². The molecule has 0 aromatic rings. The monoisotopic (exact) mass is 354 g/mol. The van der Waals surface area contributed by atoms with Gasteiger partial charge in [0.25, 0.3) is 0 Å². The summed E-state index contributed by atoms with van der Waals surface area (Å²) < 4.78 is 40.8. The average molecular weight is 354 g/mol. The normalized spacial score (nSPS) is 49.9. The van der Waals surface area contributed by atoms with Crippen LogP contribution in [0.2, 0.25) is 0 Å². The predicted molar refractivity (Wildman–Crippen MR) is 90.8 cm³/mol. The first kappa shape index (κ1) is 17.6. The van der Waals surface area contributed by atoms with Crippen molar-refractivity contribution in [3.05, 3.63) is 11.6 Å². The number of carbonyl (C=O) groups is 1. The highest BCUT2D eigenvalue weighted by molar-refractivity contribution is 5.96. The Labute approximate surface area is 148 Å². The van der Waals surface area contributed by atoms with Crippen molar-refractivity contribution >= 4 is 5.78 Å². The van der Waals surface area contributed by atoms with Gasteiger partial charge in [-0.1, -0.05) is 19.9 Å². The van der Waals surface area contributed by atoms with Gasteiger partial charge in [-0.15, -0.1) is 0 Å². The van der Waals surface area contributed by atoms with Crippen LogP contribution in [0, 0.1) is 40.4 Å². The first-order chi connectivity index (χ1) is 11.6. The molecule has 7 atom stereocenters. The van der Waals surface area contributed by atoms with Crippen molar-refractivity contribution in [3.8, 4) is 0 Å². The Bertz CT molecular complexity index is 621. The third kappa shape index (κ3) is 2.38. The number of carbonyl (C=O) groups excluding carboxylic acids is 1. The lowest BCUT2D eigenvalue weighted by Crippen LogP contribution is -2.53. The molecule has 4 aliphatic rings. The lowest BCUT2D eigenvalue weighted by atomic mass is 9.45. The summed E-state index contributed by atoms with van der Waals surface area (Å²) in [4.78, 5) is 12.1. The third-order valence-electron chi connectivity index (χ3n) is 8.76. The van der Waals surface area contributed by atoms with E-state index < -0.39 is 17.5 Å². The average Bonchev–Trinajstić information content (AvgIpc) is 2.86. The van der Waals surface area contributed by atoms with Crippen LogP contribution in [0.1, 0.15) is 65.7 Å². The van der Waals surface area contributed by atoms with Gasteiger partial charge in [0.05, 0.1) is 5.92 Å². The fraction of sp³-hybridized carbons (Fsp3) is 0.857. The second kappa shape index (κ2) is 5.36. The molecule has 0 heterocycles. The van der Waals surface area contributed by atoms with Gasteiger partial charge in [-0.05, 0) is 85.5 Å². The summed E-state index contributed by atoms with van der Waals surface area (Å²) in [6, 6.07) is 0. The van der Waals surface area contributed by atoms with Gasteiger partial charge in [-0.25, -0.2) is 0 Å². The van der Waals surface area contributed by atoms with Gasteiger partial charge in [0, 0.05) is 6.42 Å². The highest BCUT2D eigenvalue weighted by Crippen LogP contribution is 2.68. The van der Waals surface area contributed by atoms with Crippen molar-refractivity contribution in [2.75, 3.05) is 0 Å².